The zero-order valence-electron chi connectivity index (χ0n) is 16.3. The van der Waals surface area contributed by atoms with Gasteiger partial charge in [0.25, 0.3) is 5.91 Å². The number of piperidine rings is 2. The van der Waals surface area contributed by atoms with Crippen LogP contribution in [0.25, 0.3) is 0 Å². The highest BCUT2D eigenvalue weighted by molar-refractivity contribution is 7.12. The predicted octanol–water partition coefficient (Wildman–Crippen LogP) is 2.51. The number of rotatable bonds is 5. The second-order valence-electron chi connectivity index (χ2n) is 8.25. The lowest BCUT2D eigenvalue weighted by Crippen LogP contribution is -2.55. The SMILES string of the molecule is O=C(NC(C(=O)N1CCCCC1)C1CCN(C(=O)c2cccs2)CC1)C1CC1. The summed E-state index contributed by atoms with van der Waals surface area (Å²) < 4.78 is 0. The van der Waals surface area contributed by atoms with Gasteiger partial charge in [0, 0.05) is 32.1 Å². The van der Waals surface area contributed by atoms with Crippen molar-refractivity contribution in [2.75, 3.05) is 26.2 Å². The van der Waals surface area contributed by atoms with Gasteiger partial charge in [-0.15, -0.1) is 11.3 Å². The lowest BCUT2D eigenvalue weighted by Gasteiger charge is -2.38. The van der Waals surface area contributed by atoms with E-state index >= 15 is 0 Å². The van der Waals surface area contributed by atoms with Crippen LogP contribution < -0.4 is 5.32 Å². The molecule has 152 valence electrons. The molecule has 0 radical (unpaired) electrons. The van der Waals surface area contributed by atoms with Crippen LogP contribution in [0.1, 0.15) is 54.6 Å². The molecule has 0 bridgehead atoms. The van der Waals surface area contributed by atoms with E-state index in [0.29, 0.717) is 13.1 Å². The highest BCUT2D eigenvalue weighted by Gasteiger charge is 2.39. The fourth-order valence-corrected chi connectivity index (χ4v) is 4.99. The highest BCUT2D eigenvalue weighted by Crippen LogP contribution is 2.31. The molecule has 1 saturated carbocycles. The summed E-state index contributed by atoms with van der Waals surface area (Å²) in [6.07, 6.45) is 6.64. The minimum absolute atomic E-state index is 0.0347. The number of likely N-dealkylation sites (tertiary alicyclic amines) is 2. The Bertz CT molecular complexity index is 702. The molecule has 0 aromatic carbocycles. The number of amides is 3. The second kappa shape index (κ2) is 8.64. The maximum Gasteiger partial charge on any atom is 0.263 e. The topological polar surface area (TPSA) is 69.7 Å². The van der Waals surface area contributed by atoms with Crippen molar-refractivity contribution in [3.05, 3.63) is 22.4 Å². The Morgan fingerprint density at radius 2 is 1.68 bits per heavy atom. The van der Waals surface area contributed by atoms with Crippen molar-refractivity contribution in [3.63, 3.8) is 0 Å². The zero-order chi connectivity index (χ0) is 19.5. The van der Waals surface area contributed by atoms with Crippen molar-refractivity contribution in [2.45, 2.75) is 51.0 Å². The molecule has 3 heterocycles. The highest BCUT2D eigenvalue weighted by atomic mass is 32.1. The number of nitrogens with one attached hydrogen (secondary N) is 1. The van der Waals surface area contributed by atoms with Gasteiger partial charge in [0.1, 0.15) is 6.04 Å². The fraction of sp³-hybridized carbons (Fsp3) is 0.667. The molecule has 7 heteroatoms. The number of hydrogen-bond donors (Lipinski definition) is 1. The second-order valence-corrected chi connectivity index (χ2v) is 9.20. The number of hydrogen-bond acceptors (Lipinski definition) is 4. The van der Waals surface area contributed by atoms with Crippen molar-refractivity contribution < 1.29 is 14.4 Å². The Morgan fingerprint density at radius 1 is 0.964 bits per heavy atom. The molecule has 1 aromatic rings. The van der Waals surface area contributed by atoms with Gasteiger partial charge in [-0.2, -0.15) is 0 Å². The summed E-state index contributed by atoms with van der Waals surface area (Å²) >= 11 is 1.47. The molecule has 1 aliphatic carbocycles. The van der Waals surface area contributed by atoms with Crippen molar-refractivity contribution in [2.24, 2.45) is 11.8 Å². The quantitative estimate of drug-likeness (QED) is 0.821. The molecule has 4 rings (SSSR count). The Balaban J connectivity index is 1.40. The van der Waals surface area contributed by atoms with Crippen LogP contribution in [-0.2, 0) is 9.59 Å². The van der Waals surface area contributed by atoms with Crippen LogP contribution in [0.3, 0.4) is 0 Å². The Hall–Kier alpha value is -1.89. The molecule has 2 saturated heterocycles. The van der Waals surface area contributed by atoms with Crippen molar-refractivity contribution in [1.29, 1.82) is 0 Å². The molecule has 3 fully saturated rings. The third kappa shape index (κ3) is 4.40. The molecule has 1 N–H and O–H groups in total. The van der Waals surface area contributed by atoms with Crippen LogP contribution >= 0.6 is 11.3 Å². The van der Waals surface area contributed by atoms with E-state index < -0.39 is 6.04 Å². The van der Waals surface area contributed by atoms with E-state index in [1.165, 1.54) is 17.8 Å². The molecule has 1 aromatic heterocycles. The summed E-state index contributed by atoms with van der Waals surface area (Å²) in [5, 5.41) is 5.00. The smallest absolute Gasteiger partial charge is 0.263 e. The van der Waals surface area contributed by atoms with Crippen LogP contribution in [0.2, 0.25) is 0 Å². The van der Waals surface area contributed by atoms with Crippen molar-refractivity contribution in [1.82, 2.24) is 15.1 Å². The van der Waals surface area contributed by atoms with Gasteiger partial charge < -0.3 is 15.1 Å². The van der Waals surface area contributed by atoms with Gasteiger partial charge in [-0.05, 0) is 62.3 Å². The molecule has 1 unspecified atom stereocenters. The zero-order valence-corrected chi connectivity index (χ0v) is 17.1. The number of thiophene rings is 1. The Kier molecular flexibility index (Phi) is 5.99. The Labute approximate surface area is 170 Å². The van der Waals surface area contributed by atoms with E-state index in [0.717, 1.165) is 56.5 Å². The van der Waals surface area contributed by atoms with Crippen LogP contribution in [0.5, 0.6) is 0 Å². The van der Waals surface area contributed by atoms with E-state index in [2.05, 4.69) is 5.32 Å². The summed E-state index contributed by atoms with van der Waals surface area (Å²) in [7, 11) is 0. The van der Waals surface area contributed by atoms with Gasteiger partial charge >= 0.3 is 0 Å². The predicted molar refractivity (Wildman–Crippen MR) is 108 cm³/mol. The van der Waals surface area contributed by atoms with E-state index in [9.17, 15) is 14.4 Å². The monoisotopic (exact) mass is 403 g/mol. The number of carbonyl (C=O) groups excluding carboxylic acids is 3. The van der Waals surface area contributed by atoms with Gasteiger partial charge in [0.05, 0.1) is 4.88 Å². The maximum absolute atomic E-state index is 13.2. The van der Waals surface area contributed by atoms with Gasteiger partial charge in [-0.3, -0.25) is 14.4 Å². The number of nitrogens with zero attached hydrogens (tertiary/aromatic N) is 2. The van der Waals surface area contributed by atoms with E-state index in [1.54, 1.807) is 0 Å². The normalized spacial score (nSPS) is 22.0. The lowest BCUT2D eigenvalue weighted by atomic mass is 9.87. The average Bonchev–Trinajstić information content (AvgIpc) is 3.46. The lowest BCUT2D eigenvalue weighted by molar-refractivity contribution is -0.139. The molecule has 0 spiro atoms. The first kappa shape index (κ1) is 19.4. The molecular weight excluding hydrogens is 374 g/mol. The number of carbonyl (C=O) groups is 3. The van der Waals surface area contributed by atoms with Crippen LogP contribution in [0, 0.1) is 11.8 Å². The molecule has 6 nitrogen and oxygen atoms in total. The maximum atomic E-state index is 13.2. The molecule has 1 atom stereocenters. The standard InChI is InChI=1S/C21H29N3O3S/c25-19(16-6-7-16)22-18(21(27)23-10-2-1-3-11-23)15-8-12-24(13-9-15)20(26)17-5-4-14-28-17/h4-5,14-16,18H,1-3,6-13H2,(H,22,25). The van der Waals surface area contributed by atoms with E-state index in [4.69, 9.17) is 0 Å². The third-order valence-corrected chi connectivity index (χ3v) is 7.07. The van der Waals surface area contributed by atoms with Gasteiger partial charge in [0.15, 0.2) is 0 Å². The first-order valence-corrected chi connectivity index (χ1v) is 11.4. The summed E-state index contributed by atoms with van der Waals surface area (Å²) in [4.78, 5) is 42.8. The minimum atomic E-state index is -0.440. The summed E-state index contributed by atoms with van der Waals surface area (Å²) in [5.41, 5.74) is 0. The molecule has 2 aliphatic heterocycles. The van der Waals surface area contributed by atoms with Crippen LogP contribution in [0.15, 0.2) is 17.5 Å². The third-order valence-electron chi connectivity index (χ3n) is 6.21. The van der Waals surface area contributed by atoms with Crippen LogP contribution in [-0.4, -0.2) is 59.7 Å². The first-order chi connectivity index (χ1) is 13.6. The van der Waals surface area contributed by atoms with Crippen molar-refractivity contribution in [3.8, 4) is 0 Å². The van der Waals surface area contributed by atoms with E-state index in [1.807, 2.05) is 27.3 Å². The summed E-state index contributed by atoms with van der Waals surface area (Å²) in [6.45, 7) is 2.88. The molecule has 3 aliphatic rings. The van der Waals surface area contributed by atoms with E-state index in [-0.39, 0.29) is 29.6 Å². The fourth-order valence-electron chi connectivity index (χ4n) is 4.30. The largest absolute Gasteiger partial charge is 0.344 e. The van der Waals surface area contributed by atoms with Gasteiger partial charge in [-0.1, -0.05) is 6.07 Å². The Morgan fingerprint density at radius 3 is 2.29 bits per heavy atom. The minimum Gasteiger partial charge on any atom is -0.344 e. The van der Waals surface area contributed by atoms with Crippen LogP contribution in [0.4, 0.5) is 0 Å². The molecule has 3 amide bonds. The van der Waals surface area contributed by atoms with Gasteiger partial charge in [0.2, 0.25) is 11.8 Å². The summed E-state index contributed by atoms with van der Waals surface area (Å²) in [6, 6.07) is 3.31. The average molecular weight is 404 g/mol. The first-order valence-electron chi connectivity index (χ1n) is 10.6. The summed E-state index contributed by atoms with van der Waals surface area (Å²) in [5.74, 6) is 0.389. The van der Waals surface area contributed by atoms with Gasteiger partial charge in [-0.25, -0.2) is 0 Å². The molecular formula is C21H29N3O3S. The van der Waals surface area contributed by atoms with Crippen molar-refractivity contribution >= 4 is 29.1 Å². The molecule has 28 heavy (non-hydrogen) atoms.